The minimum absolute atomic E-state index is 0.0971. The Kier molecular flexibility index (Phi) is 4.41. The summed E-state index contributed by atoms with van der Waals surface area (Å²) in [7, 11) is 0. The number of aromatic nitrogens is 2. The highest BCUT2D eigenvalue weighted by atomic mass is 19.4. The number of hydrogen-bond donors (Lipinski definition) is 2. The molecule has 0 aliphatic rings. The lowest BCUT2D eigenvalue weighted by molar-refractivity contribution is -0.193. The molecular formula is C11H14F3N3O3. The molecule has 0 saturated carbocycles. The van der Waals surface area contributed by atoms with Gasteiger partial charge in [-0.3, -0.25) is 0 Å². The van der Waals surface area contributed by atoms with E-state index in [1.54, 1.807) is 6.92 Å². The quantitative estimate of drug-likeness (QED) is 0.863. The second-order valence-corrected chi connectivity index (χ2v) is 4.14. The predicted molar refractivity (Wildman–Crippen MR) is 63.7 cm³/mol. The molecule has 0 radical (unpaired) electrons. The largest absolute Gasteiger partial charge is 0.479 e. The zero-order valence-electron chi connectivity index (χ0n) is 11.1. The van der Waals surface area contributed by atoms with Crippen molar-refractivity contribution >= 4 is 11.8 Å². The third kappa shape index (κ3) is 2.91. The van der Waals surface area contributed by atoms with Crippen molar-refractivity contribution in [2.24, 2.45) is 0 Å². The van der Waals surface area contributed by atoms with Gasteiger partial charge >= 0.3 is 12.1 Å². The topological polar surface area (TPSA) is 84.3 Å². The minimum Gasteiger partial charge on any atom is -0.479 e. The first-order chi connectivity index (χ1) is 9.13. The molecule has 2 N–H and O–H groups in total. The van der Waals surface area contributed by atoms with E-state index in [1.165, 1.54) is 6.92 Å². The molecular weight excluding hydrogens is 279 g/mol. The Morgan fingerprint density at radius 3 is 2.50 bits per heavy atom. The molecule has 0 spiro atoms. The van der Waals surface area contributed by atoms with E-state index < -0.39 is 17.7 Å². The average Bonchev–Trinajstić information content (AvgIpc) is 2.32. The van der Waals surface area contributed by atoms with Crippen LogP contribution in [0.25, 0.3) is 0 Å². The fourth-order valence-corrected chi connectivity index (χ4v) is 1.32. The molecule has 1 heterocycles. The van der Waals surface area contributed by atoms with Crippen molar-refractivity contribution in [2.45, 2.75) is 32.5 Å². The molecule has 6 nitrogen and oxygen atoms in total. The molecule has 1 atom stereocenters. The maximum absolute atomic E-state index is 12.9. The van der Waals surface area contributed by atoms with Crippen LogP contribution >= 0.6 is 0 Å². The van der Waals surface area contributed by atoms with Gasteiger partial charge in [-0.15, -0.1) is 0 Å². The number of hydrogen-bond acceptors (Lipinski definition) is 5. The van der Waals surface area contributed by atoms with Gasteiger partial charge in [-0.25, -0.2) is 14.8 Å². The first-order valence-corrected chi connectivity index (χ1v) is 5.66. The van der Waals surface area contributed by atoms with Crippen LogP contribution in [0.1, 0.15) is 19.4 Å². The summed E-state index contributed by atoms with van der Waals surface area (Å²) in [5, 5.41) is 10.7. The molecule has 20 heavy (non-hydrogen) atoms. The summed E-state index contributed by atoms with van der Waals surface area (Å²) < 4.78 is 43.8. The van der Waals surface area contributed by atoms with E-state index in [1.807, 2.05) is 5.32 Å². The third-order valence-electron chi connectivity index (χ3n) is 2.68. The monoisotopic (exact) mass is 293 g/mol. The minimum atomic E-state index is -5.00. The van der Waals surface area contributed by atoms with Crippen LogP contribution in [0.15, 0.2) is 6.33 Å². The smallest absolute Gasteiger partial charge is 0.422 e. The summed E-state index contributed by atoms with van der Waals surface area (Å²) in [6.07, 6.45) is -4.00. The Morgan fingerprint density at radius 1 is 1.45 bits per heavy atom. The number of nitrogens with zero attached hydrogens (tertiary/aromatic N) is 2. The summed E-state index contributed by atoms with van der Waals surface area (Å²) in [6.45, 7) is 3.92. The summed E-state index contributed by atoms with van der Waals surface area (Å²) in [5.74, 6) is -2.20. The molecule has 112 valence electrons. The molecule has 0 bridgehead atoms. The molecule has 1 rings (SSSR count). The zero-order chi connectivity index (χ0) is 15.6. The van der Waals surface area contributed by atoms with Crippen LogP contribution < -0.4 is 10.1 Å². The molecule has 0 saturated heterocycles. The molecule has 1 aromatic heterocycles. The summed E-state index contributed by atoms with van der Waals surface area (Å²) in [6, 6.07) is 0. The number of ether oxygens (including phenoxy) is 1. The van der Waals surface area contributed by atoms with Crippen molar-refractivity contribution in [3.05, 3.63) is 11.9 Å². The van der Waals surface area contributed by atoms with Gasteiger partial charge in [0, 0.05) is 0 Å². The van der Waals surface area contributed by atoms with E-state index in [0.29, 0.717) is 6.92 Å². The Bertz CT molecular complexity index is 507. The van der Waals surface area contributed by atoms with Gasteiger partial charge in [0.25, 0.3) is 0 Å². The number of carbonyl (C=O) groups is 1. The first kappa shape index (κ1) is 16.0. The van der Waals surface area contributed by atoms with Crippen LogP contribution in [-0.2, 0) is 4.79 Å². The second-order valence-electron chi connectivity index (χ2n) is 4.14. The fraction of sp³-hybridized carbons (Fsp3) is 0.545. The highest BCUT2D eigenvalue weighted by Crippen LogP contribution is 2.34. The van der Waals surface area contributed by atoms with Crippen molar-refractivity contribution in [1.29, 1.82) is 0 Å². The van der Waals surface area contributed by atoms with Crippen molar-refractivity contribution in [3.63, 3.8) is 0 Å². The highest BCUT2D eigenvalue weighted by molar-refractivity contribution is 5.83. The van der Waals surface area contributed by atoms with Crippen molar-refractivity contribution in [3.8, 4) is 5.88 Å². The van der Waals surface area contributed by atoms with Gasteiger partial charge in [0.15, 0.2) is 0 Å². The standard InChI is InChI=1S/C11H14F3N3O3/c1-4-20-8-6(2)7(15-5-16-8)17-10(3,9(18)19)11(12,13)14/h5H,4H2,1-3H3,(H,18,19)(H,15,16,17). The van der Waals surface area contributed by atoms with Crippen LogP contribution in [0.2, 0.25) is 0 Å². The number of anilines is 1. The van der Waals surface area contributed by atoms with Gasteiger partial charge in [0.2, 0.25) is 11.4 Å². The van der Waals surface area contributed by atoms with Gasteiger partial charge in [0.05, 0.1) is 12.2 Å². The fourth-order valence-electron chi connectivity index (χ4n) is 1.32. The maximum Gasteiger partial charge on any atom is 0.422 e. The molecule has 0 fully saturated rings. The normalized spacial score (nSPS) is 14.5. The van der Waals surface area contributed by atoms with Crippen molar-refractivity contribution in [1.82, 2.24) is 9.97 Å². The zero-order valence-corrected chi connectivity index (χ0v) is 11.1. The molecule has 0 aliphatic heterocycles. The maximum atomic E-state index is 12.9. The van der Waals surface area contributed by atoms with Gasteiger partial charge in [-0.2, -0.15) is 13.2 Å². The van der Waals surface area contributed by atoms with Gasteiger partial charge in [0.1, 0.15) is 12.1 Å². The van der Waals surface area contributed by atoms with Gasteiger partial charge in [-0.1, -0.05) is 0 Å². The van der Waals surface area contributed by atoms with E-state index in [2.05, 4.69) is 9.97 Å². The summed E-state index contributed by atoms with van der Waals surface area (Å²) >= 11 is 0. The second kappa shape index (κ2) is 5.51. The predicted octanol–water partition coefficient (Wildman–Crippen LogP) is 2.00. The Labute approximate surface area is 113 Å². The lowest BCUT2D eigenvalue weighted by Crippen LogP contribution is -2.55. The number of alkyl halides is 3. The molecule has 0 aliphatic carbocycles. The van der Waals surface area contributed by atoms with Crippen molar-refractivity contribution in [2.75, 3.05) is 11.9 Å². The van der Waals surface area contributed by atoms with Crippen LogP contribution in [0.3, 0.4) is 0 Å². The van der Waals surface area contributed by atoms with E-state index in [4.69, 9.17) is 9.84 Å². The van der Waals surface area contributed by atoms with Crippen LogP contribution in [0.4, 0.5) is 19.0 Å². The lowest BCUT2D eigenvalue weighted by Gasteiger charge is -2.29. The Balaban J connectivity index is 3.20. The van der Waals surface area contributed by atoms with Crippen LogP contribution in [-0.4, -0.2) is 39.4 Å². The third-order valence-corrected chi connectivity index (χ3v) is 2.68. The Hall–Kier alpha value is -2.06. The van der Waals surface area contributed by atoms with E-state index in [0.717, 1.165) is 6.33 Å². The van der Waals surface area contributed by atoms with Gasteiger partial charge in [-0.05, 0) is 20.8 Å². The van der Waals surface area contributed by atoms with Gasteiger partial charge < -0.3 is 15.2 Å². The first-order valence-electron chi connectivity index (χ1n) is 5.66. The van der Waals surface area contributed by atoms with E-state index in [9.17, 15) is 18.0 Å². The summed E-state index contributed by atoms with van der Waals surface area (Å²) in [4.78, 5) is 18.3. The van der Waals surface area contributed by atoms with Crippen LogP contribution in [0, 0.1) is 6.92 Å². The number of carboxylic acids is 1. The number of nitrogens with one attached hydrogen (secondary N) is 1. The number of carboxylic acid groups (broad SMARTS) is 1. The van der Waals surface area contributed by atoms with E-state index in [-0.39, 0.29) is 23.9 Å². The molecule has 0 aromatic carbocycles. The number of rotatable bonds is 5. The molecule has 1 unspecified atom stereocenters. The number of halogens is 3. The molecule has 1 aromatic rings. The number of aliphatic carboxylic acids is 1. The summed E-state index contributed by atoms with van der Waals surface area (Å²) in [5.41, 5.74) is -2.96. The van der Waals surface area contributed by atoms with Crippen LogP contribution in [0.5, 0.6) is 5.88 Å². The molecule has 0 amide bonds. The van der Waals surface area contributed by atoms with Crippen molar-refractivity contribution < 1.29 is 27.8 Å². The average molecular weight is 293 g/mol. The Morgan fingerprint density at radius 2 is 2.05 bits per heavy atom. The molecule has 9 heteroatoms. The van der Waals surface area contributed by atoms with E-state index >= 15 is 0 Å². The lowest BCUT2D eigenvalue weighted by atomic mass is 10.0. The SMILES string of the molecule is CCOc1ncnc(NC(C)(C(=O)O)C(F)(F)F)c1C. The highest BCUT2D eigenvalue weighted by Gasteiger charge is 2.58.